The van der Waals surface area contributed by atoms with Gasteiger partial charge in [0.15, 0.2) is 6.29 Å². The average molecular weight is 291 g/mol. The normalized spacial score (nSPS) is 17.0. The lowest BCUT2D eigenvalue weighted by Crippen LogP contribution is -2.31. The minimum atomic E-state index is -0.582. The van der Waals surface area contributed by atoms with Crippen molar-refractivity contribution in [2.24, 2.45) is 0 Å². The minimum Gasteiger partial charge on any atom is -0.462 e. The van der Waals surface area contributed by atoms with Crippen LogP contribution in [0, 0.1) is 0 Å². The topological polar surface area (TPSA) is 56.8 Å². The molecule has 1 aromatic carbocycles. The van der Waals surface area contributed by atoms with Crippen LogP contribution < -0.4 is 5.32 Å². The number of hydrogen-bond donors (Lipinski definition) is 1. The number of nitrogens with one attached hydrogen (secondary N) is 1. The van der Waals surface area contributed by atoms with Crippen molar-refractivity contribution in [3.63, 3.8) is 0 Å². The largest absolute Gasteiger partial charge is 0.462 e. The Balaban J connectivity index is 2.05. The monoisotopic (exact) mass is 291 g/mol. The first-order valence-corrected chi connectivity index (χ1v) is 6.99. The van der Waals surface area contributed by atoms with E-state index >= 15 is 0 Å². The molecular weight excluding hydrogens is 270 g/mol. The quantitative estimate of drug-likeness (QED) is 0.470. The Bertz CT molecular complexity index is 494. The van der Waals surface area contributed by atoms with Crippen LogP contribution in [0.25, 0.3) is 0 Å². The second-order valence-electron chi connectivity index (χ2n) is 4.74. The summed E-state index contributed by atoms with van der Waals surface area (Å²) in [6.07, 6.45) is 0.851. The van der Waals surface area contributed by atoms with E-state index in [0.717, 1.165) is 6.42 Å². The summed E-state index contributed by atoms with van der Waals surface area (Å²) >= 11 is 0. The van der Waals surface area contributed by atoms with Crippen LogP contribution in [-0.4, -0.2) is 39.6 Å². The summed E-state index contributed by atoms with van der Waals surface area (Å²) in [6, 6.07) is 10.2. The SMILES string of the molecule is COC(OC)/C(NCCc1ccccc1)=C1\CCOC1=O. The first-order chi connectivity index (χ1) is 10.3. The van der Waals surface area contributed by atoms with Gasteiger partial charge in [-0.15, -0.1) is 0 Å². The van der Waals surface area contributed by atoms with E-state index in [4.69, 9.17) is 14.2 Å². The first kappa shape index (κ1) is 15.5. The highest BCUT2D eigenvalue weighted by molar-refractivity contribution is 5.91. The predicted octanol–water partition coefficient (Wildman–Crippen LogP) is 1.64. The van der Waals surface area contributed by atoms with Crippen LogP contribution in [0.4, 0.5) is 0 Å². The van der Waals surface area contributed by atoms with Gasteiger partial charge >= 0.3 is 5.97 Å². The molecule has 0 amide bonds. The van der Waals surface area contributed by atoms with Crippen LogP contribution in [0.5, 0.6) is 0 Å². The summed E-state index contributed by atoms with van der Waals surface area (Å²) in [5, 5.41) is 3.27. The maximum atomic E-state index is 11.8. The van der Waals surface area contributed by atoms with E-state index in [2.05, 4.69) is 17.4 Å². The van der Waals surface area contributed by atoms with Gasteiger partial charge in [-0.2, -0.15) is 0 Å². The molecule has 0 aliphatic carbocycles. The molecule has 1 saturated heterocycles. The maximum Gasteiger partial charge on any atom is 0.336 e. The van der Waals surface area contributed by atoms with E-state index in [0.29, 0.717) is 30.8 Å². The number of methoxy groups -OCH3 is 2. The zero-order chi connectivity index (χ0) is 15.1. The Hall–Kier alpha value is -1.85. The molecule has 1 aromatic rings. The Labute approximate surface area is 124 Å². The molecule has 5 heteroatoms. The first-order valence-electron chi connectivity index (χ1n) is 6.99. The molecule has 1 heterocycles. The second-order valence-corrected chi connectivity index (χ2v) is 4.74. The van der Waals surface area contributed by atoms with Crippen molar-refractivity contribution in [3.05, 3.63) is 47.2 Å². The van der Waals surface area contributed by atoms with E-state index in [9.17, 15) is 4.79 Å². The highest BCUT2D eigenvalue weighted by atomic mass is 16.7. The number of rotatable bonds is 7. The van der Waals surface area contributed by atoms with Crippen LogP contribution in [0.3, 0.4) is 0 Å². The molecule has 0 radical (unpaired) electrons. The van der Waals surface area contributed by atoms with Crippen molar-refractivity contribution < 1.29 is 19.0 Å². The van der Waals surface area contributed by atoms with E-state index in [1.165, 1.54) is 5.56 Å². The summed E-state index contributed by atoms with van der Waals surface area (Å²) in [4.78, 5) is 11.8. The molecule has 1 fully saturated rings. The van der Waals surface area contributed by atoms with Crippen LogP contribution in [0.1, 0.15) is 12.0 Å². The van der Waals surface area contributed by atoms with Crippen molar-refractivity contribution in [2.75, 3.05) is 27.4 Å². The average Bonchev–Trinajstić information content (AvgIpc) is 2.94. The second kappa shape index (κ2) is 7.81. The highest BCUT2D eigenvalue weighted by Gasteiger charge is 2.27. The molecule has 0 spiro atoms. The van der Waals surface area contributed by atoms with E-state index in [-0.39, 0.29) is 5.97 Å². The molecular formula is C16H21NO4. The molecule has 21 heavy (non-hydrogen) atoms. The fourth-order valence-electron chi connectivity index (χ4n) is 2.33. The standard InChI is InChI=1S/C16H21NO4/c1-19-16(20-2)14(13-9-11-21-15(13)18)17-10-8-12-6-4-3-5-7-12/h3-7,16-17H,8-11H2,1-2H3/b14-13-. The summed E-state index contributed by atoms with van der Waals surface area (Å²) in [7, 11) is 3.10. The van der Waals surface area contributed by atoms with Gasteiger partial charge in [0.05, 0.1) is 17.9 Å². The number of benzene rings is 1. The highest BCUT2D eigenvalue weighted by Crippen LogP contribution is 2.20. The molecule has 114 valence electrons. The van der Waals surface area contributed by atoms with Gasteiger partial charge < -0.3 is 19.5 Å². The molecule has 1 N–H and O–H groups in total. The zero-order valence-corrected chi connectivity index (χ0v) is 12.4. The molecule has 5 nitrogen and oxygen atoms in total. The third-order valence-electron chi connectivity index (χ3n) is 3.39. The van der Waals surface area contributed by atoms with Gasteiger partial charge in [-0.05, 0) is 12.0 Å². The molecule has 0 bridgehead atoms. The van der Waals surface area contributed by atoms with Gasteiger partial charge in [-0.3, -0.25) is 0 Å². The van der Waals surface area contributed by atoms with Gasteiger partial charge in [0.2, 0.25) is 0 Å². The van der Waals surface area contributed by atoms with E-state index in [1.54, 1.807) is 14.2 Å². The summed E-state index contributed by atoms with van der Waals surface area (Å²) in [5.74, 6) is -0.295. The molecule has 0 aromatic heterocycles. The van der Waals surface area contributed by atoms with Gasteiger partial charge in [0, 0.05) is 27.2 Å². The van der Waals surface area contributed by atoms with E-state index in [1.807, 2.05) is 18.2 Å². The Morgan fingerprint density at radius 2 is 2.00 bits per heavy atom. The molecule has 2 rings (SSSR count). The van der Waals surface area contributed by atoms with Crippen LogP contribution in [-0.2, 0) is 25.4 Å². The van der Waals surface area contributed by atoms with Gasteiger partial charge in [0.1, 0.15) is 0 Å². The molecule has 0 unspecified atom stereocenters. The van der Waals surface area contributed by atoms with Gasteiger partial charge in [0.25, 0.3) is 0 Å². The maximum absolute atomic E-state index is 11.8. The Kier molecular flexibility index (Phi) is 5.78. The third kappa shape index (κ3) is 4.06. The number of esters is 1. The predicted molar refractivity (Wildman–Crippen MR) is 78.6 cm³/mol. The molecule has 1 aliphatic heterocycles. The van der Waals surface area contributed by atoms with E-state index < -0.39 is 6.29 Å². The summed E-state index contributed by atoms with van der Waals surface area (Å²) in [5.41, 5.74) is 2.50. The smallest absolute Gasteiger partial charge is 0.336 e. The summed E-state index contributed by atoms with van der Waals surface area (Å²) in [6.45, 7) is 1.11. The number of carbonyl (C=O) groups is 1. The Morgan fingerprint density at radius 1 is 1.29 bits per heavy atom. The molecule has 1 aliphatic rings. The van der Waals surface area contributed by atoms with Crippen LogP contribution in [0.15, 0.2) is 41.6 Å². The molecule has 0 atom stereocenters. The lowest BCUT2D eigenvalue weighted by Gasteiger charge is -2.20. The van der Waals surface area contributed by atoms with Crippen molar-refractivity contribution in [3.8, 4) is 0 Å². The van der Waals surface area contributed by atoms with Crippen molar-refractivity contribution >= 4 is 5.97 Å². The number of carbonyl (C=O) groups excluding carboxylic acids is 1. The Morgan fingerprint density at radius 3 is 2.57 bits per heavy atom. The fourth-order valence-corrected chi connectivity index (χ4v) is 2.33. The number of cyclic esters (lactones) is 1. The number of ether oxygens (including phenoxy) is 3. The fraction of sp³-hybridized carbons (Fsp3) is 0.438. The van der Waals surface area contributed by atoms with Gasteiger partial charge in [-0.25, -0.2) is 4.79 Å². The summed E-state index contributed by atoms with van der Waals surface area (Å²) < 4.78 is 15.6. The van der Waals surface area contributed by atoms with Crippen molar-refractivity contribution in [1.82, 2.24) is 5.32 Å². The van der Waals surface area contributed by atoms with Crippen molar-refractivity contribution in [1.29, 1.82) is 0 Å². The number of hydrogen-bond acceptors (Lipinski definition) is 5. The van der Waals surface area contributed by atoms with Crippen molar-refractivity contribution in [2.45, 2.75) is 19.1 Å². The third-order valence-corrected chi connectivity index (χ3v) is 3.39. The minimum absolute atomic E-state index is 0.295. The lowest BCUT2D eigenvalue weighted by atomic mass is 10.1. The van der Waals surface area contributed by atoms with Gasteiger partial charge in [-0.1, -0.05) is 30.3 Å². The zero-order valence-electron chi connectivity index (χ0n) is 12.4. The lowest BCUT2D eigenvalue weighted by molar-refractivity contribution is -0.135. The van der Waals surface area contributed by atoms with Crippen LogP contribution in [0.2, 0.25) is 0 Å². The molecule has 0 saturated carbocycles. The van der Waals surface area contributed by atoms with Crippen LogP contribution >= 0.6 is 0 Å².